The summed E-state index contributed by atoms with van der Waals surface area (Å²) in [5.41, 5.74) is 1.86. The minimum absolute atomic E-state index is 0.180. The average Bonchev–Trinajstić information content (AvgIpc) is 2.98. The molecule has 3 nitrogen and oxygen atoms in total. The second kappa shape index (κ2) is 5.86. The van der Waals surface area contributed by atoms with Crippen molar-refractivity contribution in [1.29, 1.82) is 0 Å². The number of rotatable bonds is 3. The molecular formula is C17H23NO2. The van der Waals surface area contributed by atoms with E-state index in [2.05, 4.69) is 0 Å². The number of fused-ring (bicyclic) bond motifs is 1. The maximum Gasteiger partial charge on any atom is 0.227 e. The number of amides is 1. The smallest absolute Gasteiger partial charge is 0.227 e. The zero-order valence-electron chi connectivity index (χ0n) is 12.0. The van der Waals surface area contributed by atoms with Gasteiger partial charge in [0.15, 0.2) is 0 Å². The number of hydrogen-bond donors (Lipinski definition) is 1. The van der Waals surface area contributed by atoms with E-state index in [1.165, 1.54) is 25.7 Å². The Labute approximate surface area is 120 Å². The van der Waals surface area contributed by atoms with Gasteiger partial charge < -0.3 is 10.0 Å². The SMILES string of the molecule is O=C(CCC1CCCC1)N1CCCc2cccc(O)c21. The second-order valence-electron chi connectivity index (χ2n) is 6.12. The molecule has 2 aliphatic rings. The molecule has 1 N–H and O–H groups in total. The summed E-state index contributed by atoms with van der Waals surface area (Å²) in [6, 6.07) is 5.56. The zero-order valence-corrected chi connectivity index (χ0v) is 12.0. The molecule has 0 spiro atoms. The first-order valence-electron chi connectivity index (χ1n) is 7.87. The van der Waals surface area contributed by atoms with Gasteiger partial charge in [0.05, 0.1) is 5.69 Å². The van der Waals surface area contributed by atoms with Gasteiger partial charge in [0, 0.05) is 13.0 Å². The molecule has 0 saturated heterocycles. The van der Waals surface area contributed by atoms with E-state index in [1.54, 1.807) is 6.07 Å². The summed E-state index contributed by atoms with van der Waals surface area (Å²) in [6.07, 6.45) is 8.81. The third-order valence-electron chi connectivity index (χ3n) is 4.74. The number of phenolic OH excluding ortho intramolecular Hbond substituents is 1. The zero-order chi connectivity index (χ0) is 13.9. The van der Waals surface area contributed by atoms with Gasteiger partial charge in [-0.05, 0) is 36.8 Å². The lowest BCUT2D eigenvalue weighted by molar-refractivity contribution is -0.119. The van der Waals surface area contributed by atoms with Crippen molar-refractivity contribution < 1.29 is 9.90 Å². The van der Waals surface area contributed by atoms with E-state index in [0.717, 1.165) is 43.0 Å². The van der Waals surface area contributed by atoms with Crippen LogP contribution in [0.1, 0.15) is 50.5 Å². The predicted octanol–water partition coefficient (Wildman–Crippen LogP) is 3.64. The molecule has 1 saturated carbocycles. The summed E-state index contributed by atoms with van der Waals surface area (Å²) in [6.45, 7) is 0.744. The highest BCUT2D eigenvalue weighted by Crippen LogP contribution is 2.36. The van der Waals surface area contributed by atoms with Gasteiger partial charge in [-0.3, -0.25) is 4.79 Å². The molecular weight excluding hydrogens is 250 g/mol. The van der Waals surface area contributed by atoms with E-state index in [4.69, 9.17) is 0 Å². The van der Waals surface area contributed by atoms with Crippen molar-refractivity contribution in [2.24, 2.45) is 5.92 Å². The van der Waals surface area contributed by atoms with Crippen LogP contribution in [0.2, 0.25) is 0 Å². The molecule has 3 rings (SSSR count). The van der Waals surface area contributed by atoms with Gasteiger partial charge in [-0.1, -0.05) is 37.8 Å². The van der Waals surface area contributed by atoms with Crippen LogP contribution >= 0.6 is 0 Å². The highest BCUT2D eigenvalue weighted by Gasteiger charge is 2.26. The molecule has 1 aliphatic heterocycles. The van der Waals surface area contributed by atoms with Crippen molar-refractivity contribution in [2.75, 3.05) is 11.4 Å². The lowest BCUT2D eigenvalue weighted by Gasteiger charge is -2.30. The fourth-order valence-corrected chi connectivity index (χ4v) is 3.64. The van der Waals surface area contributed by atoms with Gasteiger partial charge in [-0.15, -0.1) is 0 Å². The number of carbonyl (C=O) groups excluding carboxylic acids is 1. The van der Waals surface area contributed by atoms with Crippen LogP contribution in [0.4, 0.5) is 5.69 Å². The molecule has 1 aromatic carbocycles. The number of anilines is 1. The fraction of sp³-hybridized carbons (Fsp3) is 0.588. The molecule has 1 fully saturated rings. The summed E-state index contributed by atoms with van der Waals surface area (Å²) < 4.78 is 0. The van der Waals surface area contributed by atoms with Gasteiger partial charge in [-0.25, -0.2) is 0 Å². The van der Waals surface area contributed by atoms with Crippen LogP contribution in [0.25, 0.3) is 0 Å². The third-order valence-corrected chi connectivity index (χ3v) is 4.74. The fourth-order valence-electron chi connectivity index (χ4n) is 3.64. The van der Waals surface area contributed by atoms with Crippen molar-refractivity contribution in [2.45, 2.75) is 51.4 Å². The molecule has 108 valence electrons. The average molecular weight is 273 g/mol. The monoisotopic (exact) mass is 273 g/mol. The van der Waals surface area contributed by atoms with Crippen LogP contribution in [-0.2, 0) is 11.2 Å². The Kier molecular flexibility index (Phi) is 3.95. The Morgan fingerprint density at radius 1 is 1.25 bits per heavy atom. The van der Waals surface area contributed by atoms with Crippen LogP contribution in [-0.4, -0.2) is 17.6 Å². The van der Waals surface area contributed by atoms with Crippen molar-refractivity contribution in [3.8, 4) is 5.75 Å². The van der Waals surface area contributed by atoms with Crippen molar-refractivity contribution >= 4 is 11.6 Å². The Hall–Kier alpha value is -1.51. The standard InChI is InChI=1S/C17H23NO2/c19-15-9-3-7-14-8-4-12-18(17(14)15)16(20)11-10-13-5-1-2-6-13/h3,7,9,13,19H,1-2,4-6,8,10-12H2. The number of phenols is 1. The van der Waals surface area contributed by atoms with E-state index < -0.39 is 0 Å². The van der Waals surface area contributed by atoms with Gasteiger partial charge in [0.2, 0.25) is 5.91 Å². The largest absolute Gasteiger partial charge is 0.506 e. The van der Waals surface area contributed by atoms with E-state index >= 15 is 0 Å². The summed E-state index contributed by atoms with van der Waals surface area (Å²) in [7, 11) is 0. The van der Waals surface area contributed by atoms with E-state index in [0.29, 0.717) is 6.42 Å². The second-order valence-corrected chi connectivity index (χ2v) is 6.12. The number of nitrogens with zero attached hydrogens (tertiary/aromatic N) is 1. The Morgan fingerprint density at radius 2 is 2.05 bits per heavy atom. The molecule has 0 atom stereocenters. The molecule has 0 aromatic heterocycles. The molecule has 1 aliphatic carbocycles. The van der Waals surface area contributed by atoms with Crippen molar-refractivity contribution in [1.82, 2.24) is 0 Å². The molecule has 1 aromatic rings. The quantitative estimate of drug-likeness (QED) is 0.913. The summed E-state index contributed by atoms with van der Waals surface area (Å²) >= 11 is 0. The third kappa shape index (κ3) is 2.67. The Balaban J connectivity index is 1.69. The summed E-state index contributed by atoms with van der Waals surface area (Å²) in [4.78, 5) is 14.3. The molecule has 1 heterocycles. The number of carbonyl (C=O) groups is 1. The summed E-state index contributed by atoms with van der Waals surface area (Å²) in [5, 5.41) is 10.1. The highest BCUT2D eigenvalue weighted by molar-refractivity contribution is 5.96. The highest BCUT2D eigenvalue weighted by atomic mass is 16.3. The van der Waals surface area contributed by atoms with Gasteiger partial charge in [0.1, 0.15) is 5.75 Å². The molecule has 3 heteroatoms. The molecule has 1 amide bonds. The predicted molar refractivity (Wildman–Crippen MR) is 80.0 cm³/mol. The lowest BCUT2D eigenvalue weighted by Crippen LogP contribution is -2.35. The van der Waals surface area contributed by atoms with Crippen molar-refractivity contribution in [3.63, 3.8) is 0 Å². The first-order chi connectivity index (χ1) is 9.75. The van der Waals surface area contributed by atoms with Gasteiger partial charge in [0.25, 0.3) is 0 Å². The minimum Gasteiger partial charge on any atom is -0.506 e. The lowest BCUT2D eigenvalue weighted by atomic mass is 9.98. The number of para-hydroxylation sites is 1. The van der Waals surface area contributed by atoms with Crippen LogP contribution in [0.3, 0.4) is 0 Å². The molecule has 0 bridgehead atoms. The van der Waals surface area contributed by atoms with Crippen LogP contribution in [0.5, 0.6) is 5.75 Å². The van der Waals surface area contributed by atoms with E-state index in [9.17, 15) is 9.90 Å². The van der Waals surface area contributed by atoms with Gasteiger partial charge >= 0.3 is 0 Å². The number of aryl methyl sites for hydroxylation is 1. The maximum absolute atomic E-state index is 12.5. The number of aromatic hydroxyl groups is 1. The van der Waals surface area contributed by atoms with Gasteiger partial charge in [-0.2, -0.15) is 0 Å². The molecule has 20 heavy (non-hydrogen) atoms. The van der Waals surface area contributed by atoms with E-state index in [-0.39, 0.29) is 11.7 Å². The first kappa shape index (κ1) is 13.5. The number of benzene rings is 1. The van der Waals surface area contributed by atoms with Crippen LogP contribution in [0.15, 0.2) is 18.2 Å². The van der Waals surface area contributed by atoms with E-state index in [1.807, 2.05) is 17.0 Å². The summed E-state index contributed by atoms with van der Waals surface area (Å²) in [5.74, 6) is 1.17. The Bertz CT molecular complexity index is 492. The maximum atomic E-state index is 12.5. The normalized spacial score (nSPS) is 19.1. The topological polar surface area (TPSA) is 40.5 Å². The van der Waals surface area contributed by atoms with Crippen LogP contribution in [0, 0.1) is 5.92 Å². The first-order valence-corrected chi connectivity index (χ1v) is 7.87. The van der Waals surface area contributed by atoms with Crippen molar-refractivity contribution in [3.05, 3.63) is 23.8 Å². The van der Waals surface area contributed by atoms with Crippen LogP contribution < -0.4 is 4.90 Å². The molecule has 0 unspecified atom stereocenters. The number of hydrogen-bond acceptors (Lipinski definition) is 2. The Morgan fingerprint density at radius 3 is 2.85 bits per heavy atom. The molecule has 0 radical (unpaired) electrons. The minimum atomic E-state index is 0.180.